The van der Waals surface area contributed by atoms with Crippen LogP contribution in [-0.4, -0.2) is 59.5 Å². The quantitative estimate of drug-likeness (QED) is 0.712. The van der Waals surface area contributed by atoms with Crippen molar-refractivity contribution in [1.29, 1.82) is 0 Å². The highest BCUT2D eigenvalue weighted by Crippen LogP contribution is 2.19. The number of ether oxygens (including phenoxy) is 1. The van der Waals surface area contributed by atoms with Gasteiger partial charge in [-0.15, -0.1) is 0 Å². The second-order valence-corrected chi connectivity index (χ2v) is 8.33. The molecule has 2 aromatic rings. The predicted octanol–water partition coefficient (Wildman–Crippen LogP) is 3.56. The van der Waals surface area contributed by atoms with Crippen LogP contribution in [0.2, 0.25) is 5.02 Å². The van der Waals surface area contributed by atoms with Crippen LogP contribution in [0.1, 0.15) is 43.2 Å². The summed E-state index contributed by atoms with van der Waals surface area (Å²) in [5, 5.41) is 8.25. The van der Waals surface area contributed by atoms with E-state index in [2.05, 4.69) is 29.2 Å². The van der Waals surface area contributed by atoms with Gasteiger partial charge in [0.1, 0.15) is 0 Å². The fourth-order valence-electron chi connectivity index (χ4n) is 3.89. The molecule has 1 amide bonds. The third-order valence-electron chi connectivity index (χ3n) is 5.30. The molecular formula is C22H31ClN4O2. The van der Waals surface area contributed by atoms with Crippen molar-refractivity contribution in [3.05, 3.63) is 46.7 Å². The average molecular weight is 419 g/mol. The summed E-state index contributed by atoms with van der Waals surface area (Å²) in [6.45, 7) is 10.5. The normalized spacial score (nSPS) is 16.2. The van der Waals surface area contributed by atoms with Gasteiger partial charge < -0.3 is 10.1 Å². The van der Waals surface area contributed by atoms with Crippen LogP contribution in [-0.2, 0) is 11.2 Å². The minimum Gasteiger partial charge on any atom is -0.379 e. The molecule has 29 heavy (non-hydrogen) atoms. The lowest BCUT2D eigenvalue weighted by atomic mass is 10.0. The van der Waals surface area contributed by atoms with E-state index in [1.165, 1.54) is 0 Å². The lowest BCUT2D eigenvalue weighted by molar-refractivity contribution is 0.0124. The maximum atomic E-state index is 13.0. The van der Waals surface area contributed by atoms with Gasteiger partial charge in [-0.2, -0.15) is 5.10 Å². The van der Waals surface area contributed by atoms with Crippen LogP contribution in [0.25, 0.3) is 5.69 Å². The van der Waals surface area contributed by atoms with Gasteiger partial charge in [-0.05, 0) is 37.0 Å². The molecule has 1 aliphatic rings. The van der Waals surface area contributed by atoms with Crippen LogP contribution in [0, 0.1) is 5.92 Å². The summed E-state index contributed by atoms with van der Waals surface area (Å²) in [7, 11) is 0. The molecule has 1 saturated heterocycles. The second-order valence-electron chi connectivity index (χ2n) is 7.89. The molecule has 3 rings (SSSR count). The van der Waals surface area contributed by atoms with Crippen molar-refractivity contribution in [2.45, 2.75) is 39.7 Å². The fraction of sp³-hybridized carbons (Fsp3) is 0.545. The second kappa shape index (κ2) is 10.2. The highest BCUT2D eigenvalue weighted by Gasteiger charge is 2.24. The Morgan fingerprint density at radius 1 is 1.31 bits per heavy atom. The van der Waals surface area contributed by atoms with E-state index in [0.717, 1.165) is 44.1 Å². The summed E-state index contributed by atoms with van der Waals surface area (Å²) in [5.41, 5.74) is 2.37. The first-order valence-electron chi connectivity index (χ1n) is 10.4. The molecule has 1 aromatic heterocycles. The molecule has 0 radical (unpaired) electrons. The SMILES string of the molecule is CCc1c(C(=O)NCC(CC(C)C)N2CCOCC2)cnn1-c1cccc(Cl)c1. The van der Waals surface area contributed by atoms with E-state index in [4.69, 9.17) is 16.3 Å². The number of nitrogens with one attached hydrogen (secondary N) is 1. The molecule has 1 fully saturated rings. The van der Waals surface area contributed by atoms with Gasteiger partial charge in [0, 0.05) is 30.7 Å². The van der Waals surface area contributed by atoms with Crippen molar-refractivity contribution in [2.75, 3.05) is 32.8 Å². The van der Waals surface area contributed by atoms with Crippen molar-refractivity contribution in [1.82, 2.24) is 20.0 Å². The van der Waals surface area contributed by atoms with Crippen molar-refractivity contribution in [3.63, 3.8) is 0 Å². The molecule has 1 atom stereocenters. The fourth-order valence-corrected chi connectivity index (χ4v) is 4.07. The van der Waals surface area contributed by atoms with Crippen LogP contribution >= 0.6 is 11.6 Å². The van der Waals surface area contributed by atoms with E-state index in [0.29, 0.717) is 35.5 Å². The first kappa shape index (κ1) is 21.8. The zero-order valence-corrected chi connectivity index (χ0v) is 18.3. The zero-order chi connectivity index (χ0) is 20.8. The first-order valence-corrected chi connectivity index (χ1v) is 10.8. The molecular weight excluding hydrogens is 388 g/mol. The van der Waals surface area contributed by atoms with Crippen molar-refractivity contribution >= 4 is 17.5 Å². The van der Waals surface area contributed by atoms with E-state index in [-0.39, 0.29) is 5.91 Å². The maximum Gasteiger partial charge on any atom is 0.254 e. The topological polar surface area (TPSA) is 59.4 Å². The molecule has 6 nitrogen and oxygen atoms in total. The minimum absolute atomic E-state index is 0.0721. The highest BCUT2D eigenvalue weighted by molar-refractivity contribution is 6.30. The Morgan fingerprint density at radius 3 is 2.72 bits per heavy atom. The Morgan fingerprint density at radius 2 is 2.07 bits per heavy atom. The van der Waals surface area contributed by atoms with E-state index >= 15 is 0 Å². The molecule has 2 heterocycles. The van der Waals surface area contributed by atoms with Crippen LogP contribution in [0.4, 0.5) is 0 Å². The van der Waals surface area contributed by atoms with Crippen molar-refractivity contribution in [2.24, 2.45) is 5.92 Å². The molecule has 1 aromatic carbocycles. The van der Waals surface area contributed by atoms with Gasteiger partial charge in [-0.1, -0.05) is 38.4 Å². The predicted molar refractivity (Wildman–Crippen MR) is 116 cm³/mol. The minimum atomic E-state index is -0.0721. The molecule has 0 spiro atoms. The molecule has 0 bridgehead atoms. The van der Waals surface area contributed by atoms with E-state index in [9.17, 15) is 4.79 Å². The van der Waals surface area contributed by atoms with Crippen LogP contribution in [0.15, 0.2) is 30.5 Å². The number of amides is 1. The summed E-state index contributed by atoms with van der Waals surface area (Å²) in [6.07, 6.45) is 3.40. The highest BCUT2D eigenvalue weighted by atomic mass is 35.5. The Hall–Kier alpha value is -1.89. The summed E-state index contributed by atoms with van der Waals surface area (Å²) < 4.78 is 7.28. The van der Waals surface area contributed by atoms with Crippen molar-refractivity contribution < 1.29 is 9.53 Å². The third-order valence-corrected chi connectivity index (χ3v) is 5.54. The standard InChI is InChI=1S/C22H31ClN4O2/c1-4-21-20(15-25-27(21)18-7-5-6-17(23)13-18)22(28)24-14-19(12-16(2)3)26-8-10-29-11-9-26/h5-7,13,15-16,19H,4,8-12,14H2,1-3H3,(H,24,28). The summed E-state index contributed by atoms with van der Waals surface area (Å²) >= 11 is 6.13. The van der Waals surface area contributed by atoms with E-state index in [1.54, 1.807) is 10.9 Å². The molecule has 1 unspecified atom stereocenters. The zero-order valence-electron chi connectivity index (χ0n) is 17.5. The Labute approximate surface area is 178 Å². The molecule has 0 saturated carbocycles. The van der Waals surface area contributed by atoms with Gasteiger partial charge in [0.2, 0.25) is 0 Å². The summed E-state index contributed by atoms with van der Waals surface area (Å²) in [6, 6.07) is 7.82. The first-order chi connectivity index (χ1) is 14.0. The Kier molecular flexibility index (Phi) is 7.70. The number of rotatable bonds is 8. The van der Waals surface area contributed by atoms with Crippen molar-refractivity contribution in [3.8, 4) is 5.69 Å². The molecule has 158 valence electrons. The largest absolute Gasteiger partial charge is 0.379 e. The van der Waals surface area contributed by atoms with Gasteiger partial charge in [0.25, 0.3) is 5.91 Å². The number of carbonyl (C=O) groups is 1. The number of morpholine rings is 1. The van der Waals surface area contributed by atoms with E-state index in [1.807, 2.05) is 31.2 Å². The van der Waals surface area contributed by atoms with Gasteiger partial charge >= 0.3 is 0 Å². The molecule has 1 N–H and O–H groups in total. The molecule has 7 heteroatoms. The van der Waals surface area contributed by atoms with Crippen LogP contribution in [0.3, 0.4) is 0 Å². The number of halogens is 1. The van der Waals surface area contributed by atoms with Gasteiger partial charge in [-0.3, -0.25) is 9.69 Å². The lowest BCUT2D eigenvalue weighted by Crippen LogP contribution is -2.49. The molecule has 0 aliphatic carbocycles. The Balaban J connectivity index is 1.72. The number of carbonyl (C=O) groups excluding carboxylic acids is 1. The smallest absolute Gasteiger partial charge is 0.254 e. The number of hydrogen-bond donors (Lipinski definition) is 1. The number of nitrogens with zero attached hydrogens (tertiary/aromatic N) is 3. The monoisotopic (exact) mass is 418 g/mol. The van der Waals surface area contributed by atoms with Crippen LogP contribution < -0.4 is 5.32 Å². The van der Waals surface area contributed by atoms with E-state index < -0.39 is 0 Å². The summed E-state index contributed by atoms with van der Waals surface area (Å²) in [4.78, 5) is 15.4. The lowest BCUT2D eigenvalue weighted by Gasteiger charge is -2.35. The number of benzene rings is 1. The average Bonchev–Trinajstić information content (AvgIpc) is 3.15. The van der Waals surface area contributed by atoms with Crippen LogP contribution in [0.5, 0.6) is 0 Å². The van der Waals surface area contributed by atoms with Gasteiger partial charge in [0.15, 0.2) is 0 Å². The number of hydrogen-bond acceptors (Lipinski definition) is 4. The van der Waals surface area contributed by atoms with Gasteiger partial charge in [0.05, 0.1) is 36.4 Å². The maximum absolute atomic E-state index is 13.0. The Bertz CT molecular complexity index is 815. The molecule has 1 aliphatic heterocycles. The number of aromatic nitrogens is 2. The summed E-state index contributed by atoms with van der Waals surface area (Å²) in [5.74, 6) is 0.494. The third kappa shape index (κ3) is 5.59. The van der Waals surface area contributed by atoms with Gasteiger partial charge in [-0.25, -0.2) is 4.68 Å².